The average Bonchev–Trinajstić information content (AvgIpc) is 2.60. The van der Waals surface area contributed by atoms with E-state index in [2.05, 4.69) is 10.6 Å². The number of carbonyl (C=O) groups is 1. The predicted octanol–water partition coefficient (Wildman–Crippen LogP) is 3.29. The first-order valence-electron chi connectivity index (χ1n) is 8.54. The van der Waals surface area contributed by atoms with Crippen LogP contribution in [0.2, 0.25) is 0 Å². The van der Waals surface area contributed by atoms with E-state index >= 15 is 0 Å². The summed E-state index contributed by atoms with van der Waals surface area (Å²) in [6.45, 7) is 2.04. The maximum absolute atomic E-state index is 13.0. The van der Waals surface area contributed by atoms with Crippen molar-refractivity contribution in [3.05, 3.63) is 35.4 Å². The quantitative estimate of drug-likeness (QED) is 0.698. The number of hydrogen-bond acceptors (Lipinski definition) is 3. The van der Waals surface area contributed by atoms with Gasteiger partial charge in [0.15, 0.2) is 0 Å². The highest BCUT2D eigenvalue weighted by Gasteiger charge is 2.37. The van der Waals surface area contributed by atoms with Crippen LogP contribution in [0.25, 0.3) is 0 Å². The van der Waals surface area contributed by atoms with Crippen LogP contribution in [-0.4, -0.2) is 39.3 Å². The lowest BCUT2D eigenvalue weighted by Crippen LogP contribution is -2.44. The zero-order valence-electron chi connectivity index (χ0n) is 14.8. The third-order valence-corrected chi connectivity index (χ3v) is 4.71. The summed E-state index contributed by atoms with van der Waals surface area (Å²) in [4.78, 5) is 12.0. The molecular weight excluding hydrogens is 369 g/mol. The predicted molar refractivity (Wildman–Crippen MR) is 96.6 cm³/mol. The van der Waals surface area contributed by atoms with Gasteiger partial charge < -0.3 is 15.4 Å². The zero-order valence-corrected chi connectivity index (χ0v) is 15.6. The fraction of sp³-hybridized carbons (Fsp3) is 0.611. The fourth-order valence-electron chi connectivity index (χ4n) is 3.14. The summed E-state index contributed by atoms with van der Waals surface area (Å²) in [6.07, 6.45) is -2.08. The molecule has 0 aromatic heterocycles. The molecule has 1 fully saturated rings. The maximum Gasteiger partial charge on any atom is 0.416 e. The number of halogens is 4. The van der Waals surface area contributed by atoms with E-state index < -0.39 is 17.2 Å². The third kappa shape index (κ3) is 6.14. The molecule has 2 rings (SSSR count). The lowest BCUT2D eigenvalue weighted by Gasteiger charge is -2.38. The van der Waals surface area contributed by atoms with E-state index in [1.165, 1.54) is 12.1 Å². The molecule has 26 heavy (non-hydrogen) atoms. The largest absolute Gasteiger partial charge is 0.416 e. The Morgan fingerprint density at radius 3 is 2.58 bits per heavy atom. The van der Waals surface area contributed by atoms with Crippen molar-refractivity contribution >= 4 is 18.3 Å². The molecule has 0 spiro atoms. The Balaban J connectivity index is 0.00000338. The Bertz CT molecular complexity index is 576. The van der Waals surface area contributed by atoms with Gasteiger partial charge in [-0.25, -0.2) is 0 Å². The summed E-state index contributed by atoms with van der Waals surface area (Å²) in [7, 11) is 1.82. The molecule has 8 heteroatoms. The minimum absolute atomic E-state index is 0. The van der Waals surface area contributed by atoms with E-state index in [1.54, 1.807) is 6.07 Å². The van der Waals surface area contributed by atoms with Crippen molar-refractivity contribution in [2.45, 2.75) is 37.3 Å². The van der Waals surface area contributed by atoms with Crippen LogP contribution in [0.1, 0.15) is 36.8 Å². The van der Waals surface area contributed by atoms with Gasteiger partial charge in [0.05, 0.1) is 5.56 Å². The number of alkyl halides is 3. The highest BCUT2D eigenvalue weighted by molar-refractivity contribution is 5.85. The van der Waals surface area contributed by atoms with Crippen molar-refractivity contribution in [1.82, 2.24) is 10.6 Å². The normalized spacial score (nSPS) is 16.6. The van der Waals surface area contributed by atoms with E-state index in [1.807, 2.05) is 7.05 Å². The Hall–Kier alpha value is -1.31. The highest BCUT2D eigenvalue weighted by atomic mass is 35.5. The molecule has 2 N–H and O–H groups in total. The molecule has 0 radical (unpaired) electrons. The van der Waals surface area contributed by atoms with Gasteiger partial charge in [-0.3, -0.25) is 4.79 Å². The number of rotatable bonds is 7. The lowest BCUT2D eigenvalue weighted by molar-refractivity contribution is -0.137. The Kier molecular flexibility index (Phi) is 8.86. The number of nitrogens with one attached hydrogen (secondary N) is 2. The van der Waals surface area contributed by atoms with Crippen molar-refractivity contribution < 1.29 is 22.7 Å². The van der Waals surface area contributed by atoms with Crippen LogP contribution in [-0.2, 0) is 21.1 Å². The summed E-state index contributed by atoms with van der Waals surface area (Å²) in [5, 5.41) is 5.88. The molecule has 1 aliphatic rings. The van der Waals surface area contributed by atoms with Gasteiger partial charge >= 0.3 is 6.18 Å². The molecule has 1 aromatic rings. The van der Waals surface area contributed by atoms with Crippen molar-refractivity contribution in [2.24, 2.45) is 0 Å². The Morgan fingerprint density at radius 1 is 1.27 bits per heavy atom. The standard InChI is InChI=1S/C18H25F3N2O2.ClH/c1-22-9-3-6-16(24)23-13-17(7-10-25-11-8-17)14-4-2-5-15(12-14)18(19,20)21;/h2,4-5,12,22H,3,6-11,13H2,1H3,(H,23,24);1H. The first-order valence-corrected chi connectivity index (χ1v) is 8.54. The molecule has 1 aliphatic heterocycles. The molecule has 1 saturated heterocycles. The number of benzene rings is 1. The van der Waals surface area contributed by atoms with Crippen molar-refractivity contribution in [3.63, 3.8) is 0 Å². The Labute approximate surface area is 158 Å². The molecule has 0 atom stereocenters. The van der Waals surface area contributed by atoms with Gasteiger partial charge in [-0.15, -0.1) is 12.4 Å². The second kappa shape index (κ2) is 10.1. The van der Waals surface area contributed by atoms with Gasteiger partial charge in [0.2, 0.25) is 5.91 Å². The first kappa shape index (κ1) is 22.7. The molecule has 0 unspecified atom stereocenters. The van der Waals surface area contributed by atoms with E-state index in [9.17, 15) is 18.0 Å². The zero-order chi connectivity index (χ0) is 18.3. The molecular formula is C18H26ClF3N2O2. The van der Waals surface area contributed by atoms with Crippen LogP contribution < -0.4 is 10.6 Å². The van der Waals surface area contributed by atoms with Crippen LogP contribution in [0.5, 0.6) is 0 Å². The monoisotopic (exact) mass is 394 g/mol. The summed E-state index contributed by atoms with van der Waals surface area (Å²) in [6, 6.07) is 5.43. The fourth-order valence-corrected chi connectivity index (χ4v) is 3.14. The second-order valence-corrected chi connectivity index (χ2v) is 6.46. The van der Waals surface area contributed by atoms with Crippen LogP contribution in [0.15, 0.2) is 24.3 Å². The van der Waals surface area contributed by atoms with E-state index in [0.717, 1.165) is 19.0 Å². The molecule has 1 heterocycles. The average molecular weight is 395 g/mol. The third-order valence-electron chi connectivity index (χ3n) is 4.71. The SMILES string of the molecule is CNCCCC(=O)NCC1(c2cccc(C(F)(F)F)c2)CCOCC1.Cl. The summed E-state index contributed by atoms with van der Waals surface area (Å²) in [5.41, 5.74) is -0.560. The molecule has 148 valence electrons. The topological polar surface area (TPSA) is 50.4 Å². The summed E-state index contributed by atoms with van der Waals surface area (Å²) >= 11 is 0. The molecule has 0 aliphatic carbocycles. The minimum atomic E-state index is -4.38. The van der Waals surface area contributed by atoms with Crippen LogP contribution in [0, 0.1) is 0 Å². The van der Waals surface area contributed by atoms with Crippen LogP contribution in [0.4, 0.5) is 13.2 Å². The molecule has 1 amide bonds. The van der Waals surface area contributed by atoms with Crippen molar-refractivity contribution in [1.29, 1.82) is 0 Å². The van der Waals surface area contributed by atoms with E-state index in [0.29, 0.717) is 44.6 Å². The Morgan fingerprint density at radius 2 is 1.96 bits per heavy atom. The van der Waals surface area contributed by atoms with Gasteiger partial charge in [0.25, 0.3) is 0 Å². The van der Waals surface area contributed by atoms with Crippen LogP contribution >= 0.6 is 12.4 Å². The smallest absolute Gasteiger partial charge is 0.381 e. The minimum Gasteiger partial charge on any atom is -0.381 e. The lowest BCUT2D eigenvalue weighted by atomic mass is 9.73. The van der Waals surface area contributed by atoms with Crippen molar-refractivity contribution in [3.8, 4) is 0 Å². The van der Waals surface area contributed by atoms with Crippen LogP contribution in [0.3, 0.4) is 0 Å². The second-order valence-electron chi connectivity index (χ2n) is 6.46. The maximum atomic E-state index is 13.0. The first-order chi connectivity index (χ1) is 11.9. The highest BCUT2D eigenvalue weighted by Crippen LogP contribution is 2.37. The van der Waals surface area contributed by atoms with Gasteiger partial charge in [-0.2, -0.15) is 13.2 Å². The van der Waals surface area contributed by atoms with Gasteiger partial charge in [0, 0.05) is 31.6 Å². The van der Waals surface area contributed by atoms with E-state index in [4.69, 9.17) is 4.74 Å². The van der Waals surface area contributed by atoms with Gasteiger partial charge in [-0.05, 0) is 44.5 Å². The number of hydrogen-bond donors (Lipinski definition) is 2. The summed E-state index contributed by atoms with van der Waals surface area (Å²) < 4.78 is 44.5. The van der Waals surface area contributed by atoms with Crippen molar-refractivity contribution in [2.75, 3.05) is 33.4 Å². The molecule has 0 bridgehead atoms. The number of ether oxygens (including phenoxy) is 1. The molecule has 1 aromatic carbocycles. The molecule has 4 nitrogen and oxygen atoms in total. The number of amides is 1. The molecule has 0 saturated carbocycles. The summed E-state index contributed by atoms with van der Waals surface area (Å²) in [5.74, 6) is -0.0758. The van der Waals surface area contributed by atoms with E-state index in [-0.39, 0.29) is 18.3 Å². The van der Waals surface area contributed by atoms with Gasteiger partial charge in [-0.1, -0.05) is 18.2 Å². The van der Waals surface area contributed by atoms with Gasteiger partial charge in [0.1, 0.15) is 0 Å². The number of carbonyl (C=O) groups excluding carboxylic acids is 1.